The molecular formula is C37H40N4O11. The maximum atomic E-state index is 13.3. The summed E-state index contributed by atoms with van der Waals surface area (Å²) >= 11 is 0. The van der Waals surface area contributed by atoms with Gasteiger partial charge in [-0.25, -0.2) is 0 Å². The van der Waals surface area contributed by atoms with Crippen LogP contribution in [0.1, 0.15) is 45.6 Å². The van der Waals surface area contributed by atoms with Crippen LogP contribution in [0.5, 0.6) is 0 Å². The average molecular weight is 717 g/mol. The summed E-state index contributed by atoms with van der Waals surface area (Å²) in [6, 6.07) is 11.5. The number of hydrogen-bond donors (Lipinski definition) is 8. The minimum absolute atomic E-state index is 0.223. The molecule has 7 rings (SSSR count). The molecule has 8 N–H and O–H groups in total. The number of nitrogens with zero attached hydrogens (tertiary/aromatic N) is 4. The third kappa shape index (κ3) is 6.29. The highest BCUT2D eigenvalue weighted by molar-refractivity contribution is 5.92. The van der Waals surface area contributed by atoms with E-state index in [0.717, 1.165) is 22.3 Å². The standard InChI is InChI=1S/C37H40N4O11/c1-40-38-16-25(39-40)36(50)41-12-10-37(11-13-41)23-14-19(4-8-26-30(44)34(48)32(46)28(17-42)51-26)2-6-21(23)22-7-3-20(15-24(22)37)5-9-27-31(45)35(49)33(47)29(18-43)52-27/h2-3,6-7,14-16,26-35,42-49H,10-13,17-18H2,1H3/t26-,27-,28-,29-,30-,31-,32-,33-,34-,35-/m1/s1. The van der Waals surface area contributed by atoms with E-state index in [1.54, 1.807) is 11.9 Å². The molecule has 3 aliphatic heterocycles. The normalized spacial score (nSPS) is 31.9. The number of likely N-dealkylation sites (tertiary alicyclic amines) is 1. The first-order valence-electron chi connectivity index (χ1n) is 17.0. The van der Waals surface area contributed by atoms with Crippen LogP contribution < -0.4 is 0 Å². The predicted octanol–water partition coefficient (Wildman–Crippen LogP) is -2.59. The minimum atomic E-state index is -1.55. The van der Waals surface area contributed by atoms with Gasteiger partial charge in [0.2, 0.25) is 0 Å². The van der Waals surface area contributed by atoms with Gasteiger partial charge in [0.05, 0.1) is 19.4 Å². The molecule has 1 amide bonds. The molecule has 0 unspecified atom stereocenters. The zero-order chi connectivity index (χ0) is 36.9. The first-order chi connectivity index (χ1) is 24.9. The Morgan fingerprint density at radius 1 is 0.769 bits per heavy atom. The average Bonchev–Trinajstić information content (AvgIpc) is 3.71. The third-order valence-corrected chi connectivity index (χ3v) is 10.6. The van der Waals surface area contributed by atoms with E-state index in [9.17, 15) is 45.6 Å². The van der Waals surface area contributed by atoms with Crippen molar-refractivity contribution in [2.24, 2.45) is 7.05 Å². The fourth-order valence-corrected chi connectivity index (χ4v) is 7.64. The van der Waals surface area contributed by atoms with Gasteiger partial charge in [0.25, 0.3) is 5.91 Å². The van der Waals surface area contributed by atoms with Gasteiger partial charge in [0.15, 0.2) is 5.69 Å². The number of aliphatic hydroxyl groups is 8. The van der Waals surface area contributed by atoms with Gasteiger partial charge in [0, 0.05) is 36.7 Å². The van der Waals surface area contributed by atoms with E-state index in [4.69, 9.17) is 9.47 Å². The van der Waals surface area contributed by atoms with Crippen molar-refractivity contribution in [2.45, 2.75) is 79.3 Å². The Labute approximate surface area is 298 Å². The maximum Gasteiger partial charge on any atom is 0.276 e. The highest BCUT2D eigenvalue weighted by Crippen LogP contribution is 2.54. The lowest BCUT2D eigenvalue weighted by Gasteiger charge is -2.41. The first kappa shape index (κ1) is 36.1. The molecule has 0 radical (unpaired) electrons. The van der Waals surface area contributed by atoms with Crippen molar-refractivity contribution in [2.75, 3.05) is 26.3 Å². The van der Waals surface area contributed by atoms with Crippen LogP contribution in [0.25, 0.3) is 11.1 Å². The Kier molecular flexibility index (Phi) is 9.94. The number of piperidine rings is 1. The summed E-state index contributed by atoms with van der Waals surface area (Å²) in [6.45, 7) is -0.298. The van der Waals surface area contributed by atoms with Crippen molar-refractivity contribution in [3.8, 4) is 34.8 Å². The Morgan fingerprint density at radius 2 is 1.25 bits per heavy atom. The van der Waals surface area contributed by atoms with E-state index in [1.807, 2.05) is 36.4 Å². The molecule has 3 fully saturated rings. The Balaban J connectivity index is 1.22. The molecule has 1 spiro atoms. The van der Waals surface area contributed by atoms with Gasteiger partial charge in [-0.15, -0.1) is 5.10 Å². The van der Waals surface area contributed by atoms with Gasteiger partial charge in [-0.1, -0.05) is 35.8 Å². The number of carbonyl (C=O) groups is 1. The molecule has 4 heterocycles. The summed E-state index contributed by atoms with van der Waals surface area (Å²) in [4.78, 5) is 16.4. The molecule has 3 saturated heterocycles. The van der Waals surface area contributed by atoms with Crippen LogP contribution in [0.3, 0.4) is 0 Å². The van der Waals surface area contributed by atoms with Gasteiger partial charge in [0.1, 0.15) is 61.0 Å². The fourth-order valence-electron chi connectivity index (χ4n) is 7.64. The molecule has 2 aromatic carbocycles. The van der Waals surface area contributed by atoms with Gasteiger partial charge in [-0.3, -0.25) is 4.79 Å². The molecule has 274 valence electrons. The van der Waals surface area contributed by atoms with Crippen molar-refractivity contribution >= 4 is 5.91 Å². The SMILES string of the molecule is Cn1ncc(C(=O)N2CCC3(CC2)c2cc(C#C[C@H]4O[C@H](CO)[C@@H](O)[C@H](O)[C@@H]4O)ccc2-c2ccc(C#C[C@H]4O[C@H](CO)[C@@H](O)[C@H](O)[C@@H]4O)cc23)n1. The summed E-state index contributed by atoms with van der Waals surface area (Å²) in [5.74, 6) is 11.5. The van der Waals surface area contributed by atoms with Crippen LogP contribution in [0, 0.1) is 23.7 Å². The topological polar surface area (TPSA) is 231 Å². The van der Waals surface area contributed by atoms with E-state index < -0.39 is 79.7 Å². The largest absolute Gasteiger partial charge is 0.394 e. The molecule has 1 aromatic heterocycles. The van der Waals surface area contributed by atoms with Gasteiger partial charge in [-0.2, -0.15) is 9.90 Å². The molecule has 3 aromatic rings. The molecule has 1 aliphatic carbocycles. The number of hydrogen-bond acceptors (Lipinski definition) is 13. The van der Waals surface area contributed by atoms with E-state index in [-0.39, 0.29) is 11.6 Å². The quantitative estimate of drug-likeness (QED) is 0.130. The van der Waals surface area contributed by atoms with Crippen molar-refractivity contribution in [3.63, 3.8) is 0 Å². The van der Waals surface area contributed by atoms with Crippen LogP contribution in [0.2, 0.25) is 0 Å². The lowest BCUT2D eigenvalue weighted by molar-refractivity contribution is -0.214. The first-order valence-corrected chi connectivity index (χ1v) is 17.0. The second kappa shape index (κ2) is 14.3. The summed E-state index contributed by atoms with van der Waals surface area (Å²) in [5.41, 5.74) is 4.79. The second-order valence-corrected chi connectivity index (χ2v) is 13.7. The molecule has 10 atom stereocenters. The molecule has 4 aliphatic rings. The van der Waals surface area contributed by atoms with E-state index >= 15 is 0 Å². The number of aryl methyl sites for hydroxylation is 1. The molecule has 15 heteroatoms. The number of fused-ring (bicyclic) bond motifs is 5. The number of carbonyl (C=O) groups excluding carboxylic acids is 1. The van der Waals surface area contributed by atoms with E-state index in [2.05, 4.69) is 33.9 Å². The highest BCUT2D eigenvalue weighted by atomic mass is 16.5. The number of aromatic nitrogens is 3. The number of benzene rings is 2. The number of amides is 1. The molecular weight excluding hydrogens is 676 g/mol. The minimum Gasteiger partial charge on any atom is -0.394 e. The monoisotopic (exact) mass is 716 g/mol. The summed E-state index contributed by atoms with van der Waals surface area (Å²) < 4.78 is 11.2. The number of rotatable bonds is 3. The predicted molar refractivity (Wildman–Crippen MR) is 180 cm³/mol. The third-order valence-electron chi connectivity index (χ3n) is 10.6. The summed E-state index contributed by atoms with van der Waals surface area (Å²) in [6.07, 6.45) is -11.0. The Morgan fingerprint density at radius 3 is 1.67 bits per heavy atom. The zero-order valence-corrected chi connectivity index (χ0v) is 28.1. The van der Waals surface area contributed by atoms with Crippen molar-refractivity contribution in [1.82, 2.24) is 19.9 Å². The van der Waals surface area contributed by atoms with Crippen LogP contribution in [0.4, 0.5) is 0 Å². The summed E-state index contributed by atoms with van der Waals surface area (Å²) in [7, 11) is 1.64. The fraction of sp³-hybridized carbons (Fsp3) is 0.486. The van der Waals surface area contributed by atoms with Gasteiger partial charge in [-0.05, 0) is 59.4 Å². The van der Waals surface area contributed by atoms with E-state index in [0.29, 0.717) is 37.1 Å². The van der Waals surface area contributed by atoms with Crippen LogP contribution in [-0.2, 0) is 21.9 Å². The molecule has 0 bridgehead atoms. The van der Waals surface area contributed by atoms with Crippen molar-refractivity contribution in [1.29, 1.82) is 0 Å². The van der Waals surface area contributed by atoms with E-state index in [1.165, 1.54) is 11.0 Å². The Hall–Kier alpha value is -4.23. The van der Waals surface area contributed by atoms with Crippen LogP contribution in [-0.4, -0.2) is 154 Å². The zero-order valence-electron chi connectivity index (χ0n) is 28.1. The molecule has 52 heavy (non-hydrogen) atoms. The lowest BCUT2D eigenvalue weighted by atomic mass is 9.70. The second-order valence-electron chi connectivity index (χ2n) is 13.7. The van der Waals surface area contributed by atoms with Crippen molar-refractivity contribution < 1.29 is 55.1 Å². The summed E-state index contributed by atoms with van der Waals surface area (Å²) in [5, 5.41) is 89.2. The number of ether oxygens (including phenoxy) is 2. The van der Waals surface area contributed by atoms with Crippen LogP contribution in [0.15, 0.2) is 42.6 Å². The Bertz CT molecular complexity index is 1850. The smallest absolute Gasteiger partial charge is 0.276 e. The maximum absolute atomic E-state index is 13.3. The van der Waals surface area contributed by atoms with Gasteiger partial charge >= 0.3 is 0 Å². The molecule has 0 saturated carbocycles. The highest BCUT2D eigenvalue weighted by Gasteiger charge is 2.47. The number of aliphatic hydroxyl groups excluding tert-OH is 8. The van der Waals surface area contributed by atoms with Gasteiger partial charge < -0.3 is 55.2 Å². The van der Waals surface area contributed by atoms with Crippen molar-refractivity contribution in [3.05, 3.63) is 70.5 Å². The molecule has 15 nitrogen and oxygen atoms in total. The van der Waals surface area contributed by atoms with Crippen LogP contribution >= 0.6 is 0 Å². The lowest BCUT2D eigenvalue weighted by Crippen LogP contribution is -2.58.